The van der Waals surface area contributed by atoms with Gasteiger partial charge < -0.3 is 15.0 Å². The molecule has 1 aromatic carbocycles. The van der Waals surface area contributed by atoms with Crippen molar-refractivity contribution in [1.82, 2.24) is 10.1 Å². The van der Waals surface area contributed by atoms with Gasteiger partial charge in [0.15, 0.2) is 0 Å². The summed E-state index contributed by atoms with van der Waals surface area (Å²) >= 11 is 0. The molecule has 0 fully saturated rings. The molecule has 0 saturated heterocycles. The highest BCUT2D eigenvalue weighted by Gasteiger charge is 2.20. The first-order valence-electron chi connectivity index (χ1n) is 6.08. The molecule has 19 heavy (non-hydrogen) atoms. The molecule has 1 heterocycles. The van der Waals surface area contributed by atoms with E-state index in [-0.39, 0.29) is 23.2 Å². The van der Waals surface area contributed by atoms with E-state index in [9.17, 15) is 4.39 Å². The smallest absolute Gasteiger partial charge is 0.263 e. The van der Waals surface area contributed by atoms with Crippen LogP contribution in [0.25, 0.3) is 11.5 Å². The molecule has 5 nitrogen and oxygen atoms in total. The van der Waals surface area contributed by atoms with E-state index >= 15 is 0 Å². The van der Waals surface area contributed by atoms with Crippen LogP contribution in [0.1, 0.15) is 31.7 Å². The Morgan fingerprint density at radius 1 is 1.47 bits per heavy atom. The lowest BCUT2D eigenvalue weighted by Crippen LogP contribution is -2.03. The molecule has 6 heteroatoms. The molecule has 1 atom stereocenters. The number of anilines is 1. The lowest BCUT2D eigenvalue weighted by atomic mass is 10.1. The molecule has 0 spiro atoms. The number of benzene rings is 1. The van der Waals surface area contributed by atoms with Crippen molar-refractivity contribution in [1.29, 1.82) is 0 Å². The van der Waals surface area contributed by atoms with E-state index in [0.29, 0.717) is 5.82 Å². The van der Waals surface area contributed by atoms with Gasteiger partial charge in [0.05, 0.1) is 5.56 Å². The fourth-order valence-electron chi connectivity index (χ4n) is 1.85. The minimum atomic E-state index is -0.486. The van der Waals surface area contributed by atoms with Crippen molar-refractivity contribution >= 4 is 5.69 Å². The molecule has 2 aromatic rings. The summed E-state index contributed by atoms with van der Waals surface area (Å²) in [7, 11) is 1.58. The summed E-state index contributed by atoms with van der Waals surface area (Å²) in [5, 5.41) is 3.83. The van der Waals surface area contributed by atoms with Crippen molar-refractivity contribution < 1.29 is 13.7 Å². The third-order valence-corrected chi connectivity index (χ3v) is 2.82. The molecule has 102 valence electrons. The van der Waals surface area contributed by atoms with E-state index in [1.165, 1.54) is 12.1 Å². The molecule has 1 unspecified atom stereocenters. The average Bonchev–Trinajstić information content (AvgIpc) is 2.85. The maximum atomic E-state index is 13.7. The zero-order valence-corrected chi connectivity index (χ0v) is 10.9. The topological polar surface area (TPSA) is 74.2 Å². The largest absolute Gasteiger partial charge is 0.398 e. The van der Waals surface area contributed by atoms with Crippen molar-refractivity contribution in [2.75, 3.05) is 12.8 Å². The van der Waals surface area contributed by atoms with Crippen LogP contribution in [0.2, 0.25) is 0 Å². The lowest BCUT2D eigenvalue weighted by molar-refractivity contribution is 0.0854. The zero-order chi connectivity index (χ0) is 13.8. The standard InChI is InChI=1S/C13H16FN3O2/c1-3-5-10(18-2)12-16-13(19-17-12)11-8(14)6-4-7-9(11)15/h4,6-7,10H,3,5,15H2,1-2H3. The van der Waals surface area contributed by atoms with Gasteiger partial charge in [-0.1, -0.05) is 24.6 Å². The third-order valence-electron chi connectivity index (χ3n) is 2.82. The first-order chi connectivity index (χ1) is 9.17. The molecule has 0 aliphatic rings. The van der Waals surface area contributed by atoms with Crippen LogP contribution >= 0.6 is 0 Å². The van der Waals surface area contributed by atoms with Crippen LogP contribution in [-0.4, -0.2) is 17.3 Å². The van der Waals surface area contributed by atoms with Crippen molar-refractivity contribution in [2.45, 2.75) is 25.9 Å². The normalized spacial score (nSPS) is 12.6. The summed E-state index contributed by atoms with van der Waals surface area (Å²) in [6.45, 7) is 2.03. The first-order valence-corrected chi connectivity index (χ1v) is 6.08. The number of nitrogens with two attached hydrogens (primary N) is 1. The van der Waals surface area contributed by atoms with Gasteiger partial charge in [0, 0.05) is 12.8 Å². The number of halogens is 1. The predicted molar refractivity (Wildman–Crippen MR) is 68.8 cm³/mol. The number of nitrogen functional groups attached to an aromatic ring is 1. The molecule has 2 rings (SSSR count). The Morgan fingerprint density at radius 2 is 2.26 bits per heavy atom. The number of hydrogen-bond acceptors (Lipinski definition) is 5. The predicted octanol–water partition coefficient (Wildman–Crippen LogP) is 2.95. The van der Waals surface area contributed by atoms with E-state index in [1.54, 1.807) is 13.2 Å². The maximum absolute atomic E-state index is 13.7. The van der Waals surface area contributed by atoms with Crippen molar-refractivity contribution in [2.24, 2.45) is 0 Å². The van der Waals surface area contributed by atoms with Gasteiger partial charge in [-0.25, -0.2) is 4.39 Å². The summed E-state index contributed by atoms with van der Waals surface area (Å²) in [6.07, 6.45) is 1.43. The van der Waals surface area contributed by atoms with E-state index in [4.69, 9.17) is 15.0 Å². The Kier molecular flexibility index (Phi) is 4.11. The van der Waals surface area contributed by atoms with Gasteiger partial charge >= 0.3 is 0 Å². The Balaban J connectivity index is 2.35. The van der Waals surface area contributed by atoms with Gasteiger partial charge in [0.1, 0.15) is 11.9 Å². The Labute approximate surface area is 110 Å². The second-order valence-corrected chi connectivity index (χ2v) is 4.17. The van der Waals surface area contributed by atoms with Crippen LogP contribution in [0.4, 0.5) is 10.1 Å². The summed E-state index contributed by atoms with van der Waals surface area (Å²) in [4.78, 5) is 4.17. The van der Waals surface area contributed by atoms with Crippen LogP contribution in [-0.2, 0) is 4.74 Å². The lowest BCUT2D eigenvalue weighted by Gasteiger charge is -2.08. The number of ether oxygens (including phenoxy) is 1. The number of aromatic nitrogens is 2. The highest BCUT2D eigenvalue weighted by atomic mass is 19.1. The molecule has 0 amide bonds. The van der Waals surface area contributed by atoms with Crippen molar-refractivity contribution in [3.05, 3.63) is 29.8 Å². The number of methoxy groups -OCH3 is 1. The van der Waals surface area contributed by atoms with Crippen LogP contribution in [0.5, 0.6) is 0 Å². The first kappa shape index (κ1) is 13.5. The molecule has 0 radical (unpaired) electrons. The minimum Gasteiger partial charge on any atom is -0.398 e. The van der Waals surface area contributed by atoms with E-state index < -0.39 is 5.82 Å². The molecular formula is C13H16FN3O2. The van der Waals surface area contributed by atoms with E-state index in [1.807, 2.05) is 6.92 Å². The van der Waals surface area contributed by atoms with Gasteiger partial charge in [0.25, 0.3) is 5.89 Å². The monoisotopic (exact) mass is 265 g/mol. The molecule has 1 aromatic heterocycles. The van der Waals surface area contributed by atoms with Crippen LogP contribution in [0, 0.1) is 5.82 Å². The number of rotatable bonds is 5. The quantitative estimate of drug-likeness (QED) is 0.841. The molecule has 0 aliphatic carbocycles. The van der Waals surface area contributed by atoms with Crippen molar-refractivity contribution in [3.8, 4) is 11.5 Å². The van der Waals surface area contributed by atoms with Crippen LogP contribution < -0.4 is 5.73 Å². The fourth-order valence-corrected chi connectivity index (χ4v) is 1.85. The van der Waals surface area contributed by atoms with E-state index in [2.05, 4.69) is 10.1 Å². The summed E-state index contributed by atoms with van der Waals surface area (Å²) in [6, 6.07) is 4.41. The molecule has 2 N–H and O–H groups in total. The van der Waals surface area contributed by atoms with Crippen LogP contribution in [0.15, 0.2) is 22.7 Å². The summed E-state index contributed by atoms with van der Waals surface area (Å²) in [5.41, 5.74) is 6.13. The fraction of sp³-hybridized carbons (Fsp3) is 0.385. The van der Waals surface area contributed by atoms with Crippen LogP contribution in [0.3, 0.4) is 0 Å². The molecule has 0 aliphatic heterocycles. The Bertz CT molecular complexity index is 536. The highest BCUT2D eigenvalue weighted by Crippen LogP contribution is 2.29. The van der Waals surface area contributed by atoms with Gasteiger partial charge in [-0.2, -0.15) is 4.98 Å². The maximum Gasteiger partial charge on any atom is 0.263 e. The second-order valence-electron chi connectivity index (χ2n) is 4.17. The van der Waals surface area contributed by atoms with Gasteiger partial charge in [-0.3, -0.25) is 0 Å². The SMILES string of the molecule is CCCC(OC)c1noc(-c2c(N)cccc2F)n1. The molecule has 0 saturated carbocycles. The Morgan fingerprint density at radius 3 is 2.89 bits per heavy atom. The number of nitrogens with zero attached hydrogens (tertiary/aromatic N) is 2. The second kappa shape index (κ2) is 5.79. The van der Waals surface area contributed by atoms with Gasteiger partial charge in [-0.05, 0) is 18.6 Å². The summed E-state index contributed by atoms with van der Waals surface area (Å²) < 4.78 is 24.1. The number of hydrogen-bond donors (Lipinski definition) is 1. The highest BCUT2D eigenvalue weighted by molar-refractivity contribution is 5.70. The molecular weight excluding hydrogens is 249 g/mol. The minimum absolute atomic E-state index is 0.0729. The van der Waals surface area contributed by atoms with Gasteiger partial charge in [-0.15, -0.1) is 0 Å². The van der Waals surface area contributed by atoms with E-state index in [0.717, 1.165) is 12.8 Å². The average molecular weight is 265 g/mol. The summed E-state index contributed by atoms with van der Waals surface area (Å²) in [5.74, 6) is -0.00888. The molecule has 0 bridgehead atoms. The third kappa shape index (κ3) is 2.73. The zero-order valence-electron chi connectivity index (χ0n) is 10.9. The van der Waals surface area contributed by atoms with Crippen molar-refractivity contribution in [3.63, 3.8) is 0 Å². The van der Waals surface area contributed by atoms with Gasteiger partial charge in [0.2, 0.25) is 5.82 Å². The Hall–Kier alpha value is -1.95.